The van der Waals surface area contributed by atoms with E-state index in [4.69, 9.17) is 10.3 Å². The van der Waals surface area contributed by atoms with Gasteiger partial charge in [0.2, 0.25) is 0 Å². The Hall–Kier alpha value is -0.610. The van der Waals surface area contributed by atoms with Crippen LogP contribution in [0, 0.1) is 11.8 Å². The zero-order valence-corrected chi connectivity index (χ0v) is 7.58. The molecule has 0 radical (unpaired) electrons. The standard InChI is InChI=1S/C8H17NO3/c1-6(2)3-7(5-9-12)4-8(10)11/h6-7,9,12H,3-5H2,1-2H3,(H,10,11). The molecule has 0 aliphatic rings. The van der Waals surface area contributed by atoms with Crippen LogP contribution >= 0.6 is 0 Å². The minimum Gasteiger partial charge on any atom is -0.481 e. The number of hydroxylamine groups is 1. The lowest BCUT2D eigenvalue weighted by Crippen LogP contribution is -2.23. The third-order valence-corrected chi connectivity index (χ3v) is 1.65. The molecule has 4 heteroatoms. The van der Waals surface area contributed by atoms with Crippen LogP contribution in [0.2, 0.25) is 0 Å². The first kappa shape index (κ1) is 11.4. The molecule has 0 aliphatic carbocycles. The summed E-state index contributed by atoms with van der Waals surface area (Å²) in [6.07, 6.45) is 0.936. The van der Waals surface area contributed by atoms with E-state index in [9.17, 15) is 4.79 Å². The van der Waals surface area contributed by atoms with Crippen LogP contribution in [-0.2, 0) is 4.79 Å². The van der Waals surface area contributed by atoms with E-state index in [0.717, 1.165) is 6.42 Å². The normalized spacial score (nSPS) is 13.3. The maximum absolute atomic E-state index is 10.4. The molecule has 3 N–H and O–H groups in total. The SMILES string of the molecule is CC(C)CC(CNO)CC(=O)O. The Morgan fingerprint density at radius 2 is 2.08 bits per heavy atom. The second-order valence-electron chi connectivity index (χ2n) is 3.46. The van der Waals surface area contributed by atoms with Crippen LogP contribution in [0.3, 0.4) is 0 Å². The van der Waals surface area contributed by atoms with Crippen molar-refractivity contribution in [3.05, 3.63) is 0 Å². The van der Waals surface area contributed by atoms with Gasteiger partial charge in [-0.1, -0.05) is 13.8 Å². The molecule has 0 bridgehead atoms. The van der Waals surface area contributed by atoms with Crippen LogP contribution in [0.1, 0.15) is 26.7 Å². The predicted molar refractivity (Wildman–Crippen MR) is 45.0 cm³/mol. The molecule has 0 amide bonds. The first-order chi connectivity index (χ1) is 5.56. The molecule has 0 heterocycles. The lowest BCUT2D eigenvalue weighted by molar-refractivity contribution is -0.138. The maximum Gasteiger partial charge on any atom is 0.303 e. The summed E-state index contributed by atoms with van der Waals surface area (Å²) >= 11 is 0. The summed E-state index contributed by atoms with van der Waals surface area (Å²) in [5.41, 5.74) is 2.02. The lowest BCUT2D eigenvalue weighted by Gasteiger charge is -2.15. The fourth-order valence-corrected chi connectivity index (χ4v) is 1.28. The van der Waals surface area contributed by atoms with Gasteiger partial charge in [0.05, 0.1) is 0 Å². The third kappa shape index (κ3) is 6.12. The quantitative estimate of drug-likeness (QED) is 0.529. The average molecular weight is 175 g/mol. The van der Waals surface area contributed by atoms with Crippen molar-refractivity contribution in [2.24, 2.45) is 11.8 Å². The van der Waals surface area contributed by atoms with E-state index < -0.39 is 5.97 Å². The van der Waals surface area contributed by atoms with Gasteiger partial charge in [0.25, 0.3) is 0 Å². The van der Waals surface area contributed by atoms with E-state index >= 15 is 0 Å². The largest absolute Gasteiger partial charge is 0.481 e. The fourth-order valence-electron chi connectivity index (χ4n) is 1.28. The molecule has 0 rings (SSSR count). The van der Waals surface area contributed by atoms with Gasteiger partial charge in [0.1, 0.15) is 0 Å². The highest BCUT2D eigenvalue weighted by Gasteiger charge is 2.13. The van der Waals surface area contributed by atoms with Gasteiger partial charge in [-0.2, -0.15) is 0 Å². The summed E-state index contributed by atoms with van der Waals surface area (Å²) < 4.78 is 0. The molecule has 1 unspecified atom stereocenters. The summed E-state index contributed by atoms with van der Waals surface area (Å²) in [4.78, 5) is 10.4. The number of carboxylic acids is 1. The summed E-state index contributed by atoms with van der Waals surface area (Å²) in [6, 6.07) is 0. The van der Waals surface area contributed by atoms with Gasteiger partial charge < -0.3 is 10.3 Å². The molecule has 0 saturated heterocycles. The molecule has 12 heavy (non-hydrogen) atoms. The van der Waals surface area contributed by atoms with E-state index in [0.29, 0.717) is 12.5 Å². The topological polar surface area (TPSA) is 69.6 Å². The van der Waals surface area contributed by atoms with E-state index in [2.05, 4.69) is 0 Å². The van der Waals surface area contributed by atoms with Crippen molar-refractivity contribution in [3.63, 3.8) is 0 Å². The van der Waals surface area contributed by atoms with Gasteiger partial charge in [-0.05, 0) is 18.3 Å². The molecule has 0 aromatic rings. The number of hydrogen-bond donors (Lipinski definition) is 3. The first-order valence-electron chi connectivity index (χ1n) is 4.15. The lowest BCUT2D eigenvalue weighted by atomic mass is 9.94. The summed E-state index contributed by atoms with van der Waals surface area (Å²) in [7, 11) is 0. The van der Waals surface area contributed by atoms with E-state index in [1.807, 2.05) is 19.3 Å². The van der Waals surface area contributed by atoms with Crippen LogP contribution in [0.5, 0.6) is 0 Å². The molecule has 0 aliphatic heterocycles. The monoisotopic (exact) mass is 175 g/mol. The molecule has 0 aromatic heterocycles. The van der Waals surface area contributed by atoms with Crippen molar-refractivity contribution < 1.29 is 15.1 Å². The van der Waals surface area contributed by atoms with Gasteiger partial charge >= 0.3 is 5.97 Å². The number of carboxylic acid groups (broad SMARTS) is 1. The molecule has 1 atom stereocenters. The molecule has 0 saturated carbocycles. The molecule has 0 aromatic carbocycles. The second kappa shape index (κ2) is 5.97. The Balaban J connectivity index is 3.77. The summed E-state index contributed by atoms with van der Waals surface area (Å²) in [5.74, 6) is -0.328. The smallest absolute Gasteiger partial charge is 0.303 e. The third-order valence-electron chi connectivity index (χ3n) is 1.65. The van der Waals surface area contributed by atoms with Gasteiger partial charge in [0.15, 0.2) is 0 Å². The van der Waals surface area contributed by atoms with Gasteiger partial charge in [-0.15, -0.1) is 0 Å². The number of rotatable bonds is 6. The Morgan fingerprint density at radius 1 is 1.50 bits per heavy atom. The van der Waals surface area contributed by atoms with Crippen molar-refractivity contribution in [1.82, 2.24) is 5.48 Å². The molecule has 72 valence electrons. The van der Waals surface area contributed by atoms with Gasteiger partial charge in [-0.3, -0.25) is 4.79 Å². The van der Waals surface area contributed by atoms with Crippen molar-refractivity contribution in [2.45, 2.75) is 26.7 Å². The van der Waals surface area contributed by atoms with Crippen molar-refractivity contribution >= 4 is 5.97 Å². The van der Waals surface area contributed by atoms with Crippen molar-refractivity contribution in [3.8, 4) is 0 Å². The van der Waals surface area contributed by atoms with E-state index in [1.54, 1.807) is 0 Å². The second-order valence-corrected chi connectivity index (χ2v) is 3.46. The van der Waals surface area contributed by atoms with Crippen LogP contribution in [0.4, 0.5) is 0 Å². The zero-order valence-electron chi connectivity index (χ0n) is 7.58. The Labute approximate surface area is 72.5 Å². The maximum atomic E-state index is 10.4. The molecular formula is C8H17NO3. The average Bonchev–Trinajstić information content (AvgIpc) is 1.84. The molecule has 0 spiro atoms. The van der Waals surface area contributed by atoms with Crippen molar-refractivity contribution in [1.29, 1.82) is 0 Å². The fraction of sp³-hybridized carbons (Fsp3) is 0.875. The summed E-state index contributed by atoms with van der Waals surface area (Å²) in [5, 5.41) is 16.9. The Kier molecular flexibility index (Phi) is 5.66. The highest BCUT2D eigenvalue weighted by atomic mass is 16.5. The Morgan fingerprint density at radius 3 is 2.42 bits per heavy atom. The highest BCUT2D eigenvalue weighted by molar-refractivity contribution is 5.67. The Bertz CT molecular complexity index is 136. The number of hydrogen-bond acceptors (Lipinski definition) is 3. The minimum atomic E-state index is -0.809. The number of carbonyl (C=O) groups is 1. The van der Waals surface area contributed by atoms with Crippen LogP contribution < -0.4 is 5.48 Å². The predicted octanol–water partition coefficient (Wildman–Crippen LogP) is 1.10. The zero-order chi connectivity index (χ0) is 9.56. The van der Waals surface area contributed by atoms with E-state index in [1.165, 1.54) is 0 Å². The van der Waals surface area contributed by atoms with Crippen LogP contribution in [0.15, 0.2) is 0 Å². The molecule has 0 fully saturated rings. The number of nitrogens with one attached hydrogen (secondary N) is 1. The van der Waals surface area contributed by atoms with Crippen LogP contribution in [-0.4, -0.2) is 22.8 Å². The molecular weight excluding hydrogens is 158 g/mol. The summed E-state index contributed by atoms with van der Waals surface area (Å²) in [6.45, 7) is 4.42. The molecule has 4 nitrogen and oxygen atoms in total. The van der Waals surface area contributed by atoms with Gasteiger partial charge in [0, 0.05) is 13.0 Å². The highest BCUT2D eigenvalue weighted by Crippen LogP contribution is 2.14. The van der Waals surface area contributed by atoms with Crippen molar-refractivity contribution in [2.75, 3.05) is 6.54 Å². The first-order valence-corrected chi connectivity index (χ1v) is 4.15. The minimum absolute atomic E-state index is 0.0208. The van der Waals surface area contributed by atoms with Crippen LogP contribution in [0.25, 0.3) is 0 Å². The van der Waals surface area contributed by atoms with E-state index in [-0.39, 0.29) is 12.3 Å². The number of aliphatic carboxylic acids is 1. The van der Waals surface area contributed by atoms with Gasteiger partial charge in [-0.25, -0.2) is 5.48 Å².